The highest BCUT2D eigenvalue weighted by Gasteiger charge is 2.10. The summed E-state index contributed by atoms with van der Waals surface area (Å²) in [6, 6.07) is 12.1. The molecule has 0 radical (unpaired) electrons. The SMILES string of the molecule is Cc1ccc(C(C)C)c(OCC(=O)NN=Cc2ccc(C(=O)O)cc2)c1. The number of benzene rings is 2. The lowest BCUT2D eigenvalue weighted by Crippen LogP contribution is -2.25. The molecular formula is C20H22N2O4. The molecule has 0 aliphatic carbocycles. The van der Waals surface area contributed by atoms with E-state index in [0.29, 0.717) is 17.2 Å². The molecule has 0 aromatic heterocycles. The predicted molar refractivity (Wildman–Crippen MR) is 99.9 cm³/mol. The summed E-state index contributed by atoms with van der Waals surface area (Å²) in [5, 5.41) is 12.7. The Morgan fingerprint density at radius 3 is 2.50 bits per heavy atom. The van der Waals surface area contributed by atoms with Gasteiger partial charge in [0.15, 0.2) is 6.61 Å². The fraction of sp³-hybridized carbons (Fsp3) is 0.250. The van der Waals surface area contributed by atoms with Crippen LogP contribution < -0.4 is 10.2 Å². The maximum absolute atomic E-state index is 11.9. The summed E-state index contributed by atoms with van der Waals surface area (Å²) in [5.74, 6) is -0.376. The number of nitrogens with one attached hydrogen (secondary N) is 1. The topological polar surface area (TPSA) is 88.0 Å². The Morgan fingerprint density at radius 2 is 1.88 bits per heavy atom. The second-order valence-electron chi connectivity index (χ2n) is 6.20. The second-order valence-corrected chi connectivity index (χ2v) is 6.20. The number of carbonyl (C=O) groups excluding carboxylic acids is 1. The van der Waals surface area contributed by atoms with Crippen molar-refractivity contribution in [2.45, 2.75) is 26.7 Å². The first-order valence-corrected chi connectivity index (χ1v) is 8.25. The van der Waals surface area contributed by atoms with Crippen LogP contribution >= 0.6 is 0 Å². The Kier molecular flexibility index (Phi) is 6.49. The summed E-state index contributed by atoms with van der Waals surface area (Å²) in [7, 11) is 0. The molecule has 0 fully saturated rings. The minimum absolute atomic E-state index is 0.140. The monoisotopic (exact) mass is 354 g/mol. The van der Waals surface area contributed by atoms with E-state index < -0.39 is 5.97 Å². The Bertz CT molecular complexity index is 811. The van der Waals surface area contributed by atoms with Crippen molar-refractivity contribution >= 4 is 18.1 Å². The van der Waals surface area contributed by atoms with Gasteiger partial charge in [-0.1, -0.05) is 38.1 Å². The minimum Gasteiger partial charge on any atom is -0.483 e. The van der Waals surface area contributed by atoms with E-state index in [-0.39, 0.29) is 18.1 Å². The zero-order valence-corrected chi connectivity index (χ0v) is 15.0. The van der Waals surface area contributed by atoms with Crippen molar-refractivity contribution in [1.82, 2.24) is 5.43 Å². The summed E-state index contributed by atoms with van der Waals surface area (Å²) >= 11 is 0. The number of hydrogen-bond acceptors (Lipinski definition) is 4. The molecule has 0 bridgehead atoms. The lowest BCUT2D eigenvalue weighted by Gasteiger charge is -2.14. The van der Waals surface area contributed by atoms with Crippen LogP contribution in [-0.4, -0.2) is 29.8 Å². The second kappa shape index (κ2) is 8.80. The van der Waals surface area contributed by atoms with Gasteiger partial charge in [-0.2, -0.15) is 5.10 Å². The molecule has 2 aromatic carbocycles. The number of carboxylic acids is 1. The van der Waals surface area contributed by atoms with E-state index in [0.717, 1.165) is 11.1 Å². The van der Waals surface area contributed by atoms with Gasteiger partial charge in [0.2, 0.25) is 0 Å². The quantitative estimate of drug-likeness (QED) is 0.589. The van der Waals surface area contributed by atoms with Crippen LogP contribution in [0, 0.1) is 6.92 Å². The number of aromatic carboxylic acids is 1. The Morgan fingerprint density at radius 1 is 1.19 bits per heavy atom. The average molecular weight is 354 g/mol. The third kappa shape index (κ3) is 5.44. The van der Waals surface area contributed by atoms with Crippen molar-refractivity contribution in [2.24, 2.45) is 5.10 Å². The highest BCUT2D eigenvalue weighted by atomic mass is 16.5. The number of amides is 1. The maximum atomic E-state index is 11.9. The van der Waals surface area contributed by atoms with Gasteiger partial charge in [0.1, 0.15) is 5.75 Å². The summed E-state index contributed by atoms with van der Waals surface area (Å²) < 4.78 is 5.63. The molecule has 0 aliphatic heterocycles. The van der Waals surface area contributed by atoms with Gasteiger partial charge in [0, 0.05) is 0 Å². The molecule has 0 unspecified atom stereocenters. The van der Waals surface area contributed by atoms with E-state index >= 15 is 0 Å². The number of rotatable bonds is 7. The highest BCUT2D eigenvalue weighted by Crippen LogP contribution is 2.27. The fourth-order valence-corrected chi connectivity index (χ4v) is 2.31. The van der Waals surface area contributed by atoms with Crippen LogP contribution in [0.25, 0.3) is 0 Å². The number of carbonyl (C=O) groups is 2. The van der Waals surface area contributed by atoms with Gasteiger partial charge < -0.3 is 9.84 Å². The van der Waals surface area contributed by atoms with Crippen molar-refractivity contribution in [2.75, 3.05) is 6.61 Å². The predicted octanol–water partition coefficient (Wildman–Crippen LogP) is 3.35. The van der Waals surface area contributed by atoms with Crippen LogP contribution in [-0.2, 0) is 4.79 Å². The van der Waals surface area contributed by atoms with Crippen LogP contribution in [0.2, 0.25) is 0 Å². The van der Waals surface area contributed by atoms with Crippen molar-refractivity contribution in [1.29, 1.82) is 0 Å². The number of nitrogens with zero attached hydrogens (tertiary/aromatic N) is 1. The van der Waals surface area contributed by atoms with E-state index in [1.165, 1.54) is 18.3 Å². The lowest BCUT2D eigenvalue weighted by molar-refractivity contribution is -0.123. The van der Waals surface area contributed by atoms with Crippen molar-refractivity contribution in [3.8, 4) is 5.75 Å². The van der Waals surface area contributed by atoms with Crippen molar-refractivity contribution in [3.63, 3.8) is 0 Å². The van der Waals surface area contributed by atoms with Gasteiger partial charge >= 0.3 is 5.97 Å². The summed E-state index contributed by atoms with van der Waals surface area (Å²) in [5.41, 5.74) is 5.37. The van der Waals surface area contributed by atoms with Crippen LogP contribution in [0.4, 0.5) is 0 Å². The molecule has 2 aromatic rings. The molecule has 0 aliphatic rings. The van der Waals surface area contributed by atoms with E-state index in [1.54, 1.807) is 12.1 Å². The first kappa shape index (κ1) is 19.2. The largest absolute Gasteiger partial charge is 0.483 e. The van der Waals surface area contributed by atoms with E-state index in [9.17, 15) is 9.59 Å². The van der Waals surface area contributed by atoms with Crippen molar-refractivity contribution in [3.05, 3.63) is 64.7 Å². The van der Waals surface area contributed by atoms with Gasteiger partial charge in [-0.3, -0.25) is 4.79 Å². The summed E-state index contributed by atoms with van der Waals surface area (Å²) in [4.78, 5) is 22.7. The number of aryl methyl sites for hydroxylation is 1. The molecule has 0 spiro atoms. The first-order valence-electron chi connectivity index (χ1n) is 8.25. The number of hydrazone groups is 1. The van der Waals surface area contributed by atoms with Crippen LogP contribution in [0.5, 0.6) is 5.75 Å². The van der Waals surface area contributed by atoms with Crippen molar-refractivity contribution < 1.29 is 19.4 Å². The normalized spacial score (nSPS) is 10.9. The molecule has 6 nitrogen and oxygen atoms in total. The number of hydrogen-bond donors (Lipinski definition) is 2. The Hall–Kier alpha value is -3.15. The van der Waals surface area contributed by atoms with Crippen LogP contribution in [0.15, 0.2) is 47.6 Å². The zero-order chi connectivity index (χ0) is 19.1. The lowest BCUT2D eigenvalue weighted by atomic mass is 10.0. The number of carboxylic acid groups (broad SMARTS) is 1. The molecule has 136 valence electrons. The smallest absolute Gasteiger partial charge is 0.335 e. The van der Waals surface area contributed by atoms with Gasteiger partial charge in [0.05, 0.1) is 11.8 Å². The van der Waals surface area contributed by atoms with Gasteiger partial charge in [-0.05, 0) is 47.7 Å². The van der Waals surface area contributed by atoms with Crippen LogP contribution in [0.1, 0.15) is 46.8 Å². The Labute approximate surface area is 152 Å². The third-order valence-electron chi connectivity index (χ3n) is 3.71. The minimum atomic E-state index is -0.990. The van der Waals surface area contributed by atoms with E-state index in [1.807, 2.05) is 25.1 Å². The molecule has 6 heteroatoms. The molecule has 1 amide bonds. The standard InChI is InChI=1S/C20H22N2O4/c1-13(2)17-9-4-14(3)10-18(17)26-12-19(23)22-21-11-15-5-7-16(8-6-15)20(24)25/h4-11,13H,12H2,1-3H3,(H,22,23)(H,24,25). The molecule has 2 N–H and O–H groups in total. The molecule has 2 rings (SSSR count). The van der Waals surface area contributed by atoms with E-state index in [2.05, 4.69) is 24.4 Å². The third-order valence-corrected chi connectivity index (χ3v) is 3.71. The molecule has 0 heterocycles. The Balaban J connectivity index is 1.89. The molecule has 0 atom stereocenters. The maximum Gasteiger partial charge on any atom is 0.335 e. The number of ether oxygens (including phenoxy) is 1. The van der Waals surface area contributed by atoms with E-state index in [4.69, 9.17) is 9.84 Å². The average Bonchev–Trinajstić information content (AvgIpc) is 2.60. The van der Waals surface area contributed by atoms with Gasteiger partial charge in [-0.25, -0.2) is 10.2 Å². The molecule has 0 saturated heterocycles. The fourth-order valence-electron chi connectivity index (χ4n) is 2.31. The van der Waals surface area contributed by atoms with Gasteiger partial charge in [0.25, 0.3) is 5.91 Å². The summed E-state index contributed by atoms with van der Waals surface area (Å²) in [6.45, 7) is 5.96. The highest BCUT2D eigenvalue weighted by molar-refractivity contribution is 5.89. The zero-order valence-electron chi connectivity index (χ0n) is 15.0. The summed E-state index contributed by atoms with van der Waals surface area (Å²) in [6.07, 6.45) is 1.44. The molecule has 26 heavy (non-hydrogen) atoms. The van der Waals surface area contributed by atoms with Gasteiger partial charge in [-0.15, -0.1) is 0 Å². The molecule has 0 saturated carbocycles. The molecular weight excluding hydrogens is 332 g/mol. The first-order chi connectivity index (χ1) is 12.4. The van der Waals surface area contributed by atoms with Crippen LogP contribution in [0.3, 0.4) is 0 Å².